The van der Waals surface area contributed by atoms with E-state index in [0.29, 0.717) is 12.3 Å². The Morgan fingerprint density at radius 3 is 2.58 bits per heavy atom. The molecule has 0 spiro atoms. The van der Waals surface area contributed by atoms with Gasteiger partial charge in [-0.2, -0.15) is 0 Å². The number of ether oxygens (including phenoxy) is 2. The monoisotopic (exact) mass is 262 g/mol. The summed E-state index contributed by atoms with van der Waals surface area (Å²) in [6.07, 6.45) is 1.77. The van der Waals surface area contributed by atoms with Gasteiger partial charge in [-0.1, -0.05) is 0 Å². The summed E-state index contributed by atoms with van der Waals surface area (Å²) in [6.45, 7) is 2.62. The van der Waals surface area contributed by atoms with Gasteiger partial charge in [0.05, 0.1) is 11.1 Å². The van der Waals surface area contributed by atoms with Crippen LogP contribution in [-0.4, -0.2) is 26.3 Å². The van der Waals surface area contributed by atoms with Crippen molar-refractivity contribution in [3.63, 3.8) is 0 Å². The Balaban J connectivity index is 1.92. The summed E-state index contributed by atoms with van der Waals surface area (Å²) in [4.78, 5) is 14.2. The maximum Gasteiger partial charge on any atom is 0.234 e. The van der Waals surface area contributed by atoms with E-state index in [1.807, 2.05) is 19.1 Å². The molecule has 19 heavy (non-hydrogen) atoms. The van der Waals surface area contributed by atoms with Crippen LogP contribution in [0.3, 0.4) is 0 Å². The lowest BCUT2D eigenvalue weighted by Gasteiger charge is -2.24. The molecule has 1 fully saturated rings. The van der Waals surface area contributed by atoms with Crippen LogP contribution in [0, 0.1) is 12.3 Å². The van der Waals surface area contributed by atoms with E-state index < -0.39 is 0 Å². The number of aryl methyl sites for hydroxylation is 1. The number of carbonyl (C=O) groups is 1. The molecule has 1 aliphatic carbocycles. The van der Waals surface area contributed by atoms with Crippen LogP contribution in [-0.2, 0) is 4.79 Å². The lowest BCUT2D eigenvalue weighted by atomic mass is 10.0. The average molecular weight is 262 g/mol. The molecule has 5 nitrogen and oxygen atoms in total. The Labute approximate surface area is 112 Å². The molecule has 0 unspecified atom stereocenters. The van der Waals surface area contributed by atoms with E-state index in [1.54, 1.807) is 11.9 Å². The van der Waals surface area contributed by atoms with Crippen molar-refractivity contribution in [1.82, 2.24) is 0 Å². The molecule has 2 N–H and O–H groups in total. The first-order valence-electron chi connectivity index (χ1n) is 6.46. The number of carbonyl (C=O) groups excluding carboxylic acids is 1. The SMILES string of the molecule is Cc1cc2c(cc1N(C)C(=O)C1(CN)CC1)OCO2. The number of nitrogens with zero attached hydrogens (tertiary/aromatic N) is 1. The van der Waals surface area contributed by atoms with Gasteiger partial charge in [-0.25, -0.2) is 0 Å². The van der Waals surface area contributed by atoms with Crippen molar-refractivity contribution in [3.8, 4) is 11.5 Å². The highest BCUT2D eigenvalue weighted by atomic mass is 16.7. The summed E-state index contributed by atoms with van der Waals surface area (Å²) < 4.78 is 10.7. The number of rotatable bonds is 3. The molecule has 1 aliphatic heterocycles. The fourth-order valence-corrected chi connectivity index (χ4v) is 2.52. The third kappa shape index (κ3) is 1.85. The largest absolute Gasteiger partial charge is 0.454 e. The minimum absolute atomic E-state index is 0.0944. The van der Waals surface area contributed by atoms with Gasteiger partial charge in [-0.3, -0.25) is 4.79 Å². The molecule has 102 valence electrons. The van der Waals surface area contributed by atoms with Crippen molar-refractivity contribution in [2.24, 2.45) is 11.1 Å². The molecule has 0 radical (unpaired) electrons. The normalized spacial score (nSPS) is 18.3. The van der Waals surface area contributed by atoms with Crippen LogP contribution in [0.1, 0.15) is 18.4 Å². The van der Waals surface area contributed by atoms with Crippen molar-refractivity contribution >= 4 is 11.6 Å². The van der Waals surface area contributed by atoms with Gasteiger partial charge in [0.2, 0.25) is 12.7 Å². The van der Waals surface area contributed by atoms with Crippen molar-refractivity contribution in [1.29, 1.82) is 0 Å². The topological polar surface area (TPSA) is 64.8 Å². The number of hydrogen-bond donors (Lipinski definition) is 1. The van der Waals surface area contributed by atoms with Crippen molar-refractivity contribution < 1.29 is 14.3 Å². The molecule has 3 rings (SSSR count). The van der Waals surface area contributed by atoms with E-state index in [2.05, 4.69) is 0 Å². The fraction of sp³-hybridized carbons (Fsp3) is 0.500. The summed E-state index contributed by atoms with van der Waals surface area (Å²) in [5, 5.41) is 0. The highest BCUT2D eigenvalue weighted by molar-refractivity contribution is 6.00. The molecule has 0 saturated heterocycles. The third-order valence-electron chi connectivity index (χ3n) is 4.06. The zero-order chi connectivity index (χ0) is 13.6. The number of nitrogens with two attached hydrogens (primary N) is 1. The van der Waals surface area contributed by atoms with E-state index in [0.717, 1.165) is 29.8 Å². The molecule has 1 amide bonds. The summed E-state index contributed by atoms with van der Waals surface area (Å²) in [7, 11) is 1.79. The quantitative estimate of drug-likeness (QED) is 0.895. The Morgan fingerprint density at radius 1 is 1.37 bits per heavy atom. The van der Waals surface area contributed by atoms with Crippen molar-refractivity contribution in [2.75, 3.05) is 25.3 Å². The second-order valence-corrected chi connectivity index (χ2v) is 5.34. The van der Waals surface area contributed by atoms with E-state index in [4.69, 9.17) is 15.2 Å². The second kappa shape index (κ2) is 4.13. The van der Waals surface area contributed by atoms with Crippen LogP contribution in [0.4, 0.5) is 5.69 Å². The van der Waals surface area contributed by atoms with Crippen LogP contribution in [0.2, 0.25) is 0 Å². The van der Waals surface area contributed by atoms with E-state index in [9.17, 15) is 4.79 Å². The van der Waals surface area contributed by atoms with Gasteiger partial charge in [-0.15, -0.1) is 0 Å². The fourth-order valence-electron chi connectivity index (χ4n) is 2.52. The molecular weight excluding hydrogens is 244 g/mol. The molecule has 0 aromatic heterocycles. The third-order valence-corrected chi connectivity index (χ3v) is 4.06. The number of hydrogen-bond acceptors (Lipinski definition) is 4. The van der Waals surface area contributed by atoms with Gasteiger partial charge in [-0.05, 0) is 31.4 Å². The Bertz CT molecular complexity index is 538. The summed E-state index contributed by atoms with van der Waals surface area (Å²) in [5.74, 6) is 1.52. The minimum Gasteiger partial charge on any atom is -0.454 e. The lowest BCUT2D eigenvalue weighted by Crippen LogP contribution is -2.38. The summed E-state index contributed by atoms with van der Waals surface area (Å²) in [5.41, 5.74) is 7.23. The van der Waals surface area contributed by atoms with Crippen LogP contribution in [0.25, 0.3) is 0 Å². The van der Waals surface area contributed by atoms with Gasteiger partial charge >= 0.3 is 0 Å². The van der Waals surface area contributed by atoms with Gasteiger partial charge in [0.15, 0.2) is 11.5 Å². The molecule has 1 heterocycles. The first-order valence-corrected chi connectivity index (χ1v) is 6.46. The van der Waals surface area contributed by atoms with Gasteiger partial charge in [0, 0.05) is 19.7 Å². The van der Waals surface area contributed by atoms with Gasteiger partial charge in [0.1, 0.15) is 0 Å². The predicted molar refractivity (Wildman–Crippen MR) is 71.4 cm³/mol. The van der Waals surface area contributed by atoms with Crippen molar-refractivity contribution in [2.45, 2.75) is 19.8 Å². The maximum absolute atomic E-state index is 12.5. The average Bonchev–Trinajstić information content (AvgIpc) is 3.09. The van der Waals surface area contributed by atoms with Gasteiger partial charge in [0.25, 0.3) is 0 Å². The van der Waals surface area contributed by atoms with Crippen LogP contribution >= 0.6 is 0 Å². The molecule has 5 heteroatoms. The number of fused-ring (bicyclic) bond motifs is 1. The van der Waals surface area contributed by atoms with E-state index in [1.165, 1.54) is 0 Å². The minimum atomic E-state index is -0.336. The van der Waals surface area contributed by atoms with E-state index in [-0.39, 0.29) is 18.1 Å². The summed E-state index contributed by atoms with van der Waals surface area (Å²) >= 11 is 0. The zero-order valence-electron chi connectivity index (χ0n) is 11.2. The maximum atomic E-state index is 12.5. The first kappa shape index (κ1) is 12.3. The Hall–Kier alpha value is -1.75. The Kier molecular flexibility index (Phi) is 2.67. The van der Waals surface area contributed by atoms with Crippen molar-refractivity contribution in [3.05, 3.63) is 17.7 Å². The zero-order valence-corrected chi connectivity index (χ0v) is 11.2. The van der Waals surface area contributed by atoms with Crippen LogP contribution < -0.4 is 20.1 Å². The predicted octanol–water partition coefficient (Wildman–Crippen LogP) is 1.43. The molecule has 2 aliphatic rings. The van der Waals surface area contributed by atoms with E-state index >= 15 is 0 Å². The Morgan fingerprint density at radius 2 is 2.00 bits per heavy atom. The molecule has 0 bridgehead atoms. The lowest BCUT2D eigenvalue weighted by molar-refractivity contribution is -0.123. The smallest absolute Gasteiger partial charge is 0.234 e. The van der Waals surface area contributed by atoms with Gasteiger partial charge < -0.3 is 20.1 Å². The number of anilines is 1. The molecule has 1 aromatic carbocycles. The van der Waals surface area contributed by atoms with Crippen LogP contribution in [0.15, 0.2) is 12.1 Å². The van der Waals surface area contributed by atoms with Crippen LogP contribution in [0.5, 0.6) is 11.5 Å². The number of amides is 1. The highest BCUT2D eigenvalue weighted by Crippen LogP contribution is 2.47. The molecule has 0 atom stereocenters. The second-order valence-electron chi connectivity index (χ2n) is 5.34. The highest BCUT2D eigenvalue weighted by Gasteiger charge is 2.50. The summed E-state index contributed by atoms with van der Waals surface area (Å²) in [6, 6.07) is 3.77. The molecular formula is C14H18N2O3. The molecule has 1 saturated carbocycles. The first-order chi connectivity index (χ1) is 9.07. The standard InChI is InChI=1S/C14H18N2O3/c1-9-5-11-12(19-8-18-11)6-10(9)16(2)13(17)14(7-15)3-4-14/h5-6H,3-4,7-8,15H2,1-2H3. The molecule has 1 aromatic rings. The number of benzene rings is 1.